The Hall–Kier alpha value is -3.62. The number of unbranched alkanes of at least 4 members (excludes halogenated alkanes) is 5. The van der Waals surface area contributed by atoms with Crippen LogP contribution in [0.25, 0.3) is 6.08 Å². The van der Waals surface area contributed by atoms with Crippen LogP contribution in [-0.4, -0.2) is 27.8 Å². The van der Waals surface area contributed by atoms with Gasteiger partial charge in [0.25, 0.3) is 11.8 Å². The van der Waals surface area contributed by atoms with Crippen LogP contribution in [0.5, 0.6) is 11.5 Å². The van der Waals surface area contributed by atoms with Gasteiger partial charge < -0.3 is 9.47 Å². The SMILES string of the molecule is CCCCCCCCOc1ccc(/C=C2\SC(=S)N(NC(=O)c3ccc(OCc4ccccc4)cc3)C2=O)cc1. The molecule has 0 atom stereocenters. The average molecular weight is 575 g/mol. The van der Waals surface area contributed by atoms with E-state index in [1.807, 2.05) is 54.6 Å². The molecule has 3 aromatic carbocycles. The van der Waals surface area contributed by atoms with E-state index in [-0.39, 0.29) is 10.2 Å². The lowest BCUT2D eigenvalue weighted by atomic mass is 10.1. The molecule has 0 aliphatic carbocycles. The van der Waals surface area contributed by atoms with E-state index in [1.165, 1.54) is 32.1 Å². The van der Waals surface area contributed by atoms with Crippen molar-refractivity contribution >= 4 is 46.2 Å². The summed E-state index contributed by atoms with van der Waals surface area (Å²) in [6, 6.07) is 24.2. The van der Waals surface area contributed by atoms with Crippen LogP contribution in [0.2, 0.25) is 0 Å². The predicted molar refractivity (Wildman–Crippen MR) is 165 cm³/mol. The smallest absolute Gasteiger partial charge is 0.285 e. The molecule has 2 amide bonds. The number of hydrogen-bond donors (Lipinski definition) is 1. The van der Waals surface area contributed by atoms with E-state index >= 15 is 0 Å². The number of hydrogen-bond acceptors (Lipinski definition) is 6. The molecule has 8 heteroatoms. The Kier molecular flexibility index (Phi) is 11.2. The molecule has 1 aliphatic heterocycles. The highest BCUT2D eigenvalue weighted by molar-refractivity contribution is 8.26. The molecule has 40 heavy (non-hydrogen) atoms. The Bertz CT molecular complexity index is 1310. The van der Waals surface area contributed by atoms with E-state index in [2.05, 4.69) is 12.3 Å². The molecule has 6 nitrogen and oxygen atoms in total. The molecule has 4 rings (SSSR count). The molecule has 0 unspecified atom stereocenters. The second kappa shape index (κ2) is 15.2. The van der Waals surface area contributed by atoms with Gasteiger partial charge in [-0.3, -0.25) is 15.0 Å². The Morgan fingerprint density at radius 2 is 1.52 bits per heavy atom. The third kappa shape index (κ3) is 8.69. The summed E-state index contributed by atoms with van der Waals surface area (Å²) in [6.45, 7) is 3.36. The van der Waals surface area contributed by atoms with Crippen molar-refractivity contribution < 1.29 is 19.1 Å². The largest absolute Gasteiger partial charge is 0.494 e. The van der Waals surface area contributed by atoms with E-state index < -0.39 is 5.91 Å². The van der Waals surface area contributed by atoms with Crippen LogP contribution in [0.1, 0.15) is 66.9 Å². The first-order chi connectivity index (χ1) is 19.5. The van der Waals surface area contributed by atoms with Crippen LogP contribution in [0, 0.1) is 0 Å². The van der Waals surface area contributed by atoms with Crippen molar-refractivity contribution in [2.45, 2.75) is 52.1 Å². The molecule has 1 saturated heterocycles. The first-order valence-electron chi connectivity index (χ1n) is 13.6. The van der Waals surface area contributed by atoms with E-state index in [9.17, 15) is 9.59 Å². The monoisotopic (exact) mass is 574 g/mol. The quantitative estimate of drug-likeness (QED) is 0.122. The summed E-state index contributed by atoms with van der Waals surface area (Å²) < 4.78 is 11.9. The highest BCUT2D eigenvalue weighted by Gasteiger charge is 2.33. The second-order valence-corrected chi connectivity index (χ2v) is 11.1. The van der Waals surface area contributed by atoms with Crippen LogP contribution < -0.4 is 14.9 Å². The van der Waals surface area contributed by atoms with Crippen molar-refractivity contribution in [1.29, 1.82) is 0 Å². The van der Waals surface area contributed by atoms with E-state index in [4.69, 9.17) is 21.7 Å². The van der Waals surface area contributed by atoms with Crippen molar-refractivity contribution in [3.63, 3.8) is 0 Å². The van der Waals surface area contributed by atoms with Gasteiger partial charge in [-0.2, -0.15) is 5.01 Å². The fourth-order valence-corrected chi connectivity index (χ4v) is 5.24. The zero-order valence-corrected chi connectivity index (χ0v) is 24.3. The first kappa shape index (κ1) is 29.4. The number of ether oxygens (including phenoxy) is 2. The fraction of sp³-hybridized carbons (Fsp3) is 0.281. The number of thiocarbonyl (C=S) groups is 1. The van der Waals surface area contributed by atoms with Gasteiger partial charge in [-0.05, 0) is 72.2 Å². The van der Waals surface area contributed by atoms with Gasteiger partial charge in [-0.25, -0.2) is 0 Å². The lowest BCUT2D eigenvalue weighted by molar-refractivity contribution is -0.123. The van der Waals surface area contributed by atoms with Crippen molar-refractivity contribution in [3.05, 3.63) is 100 Å². The first-order valence-corrected chi connectivity index (χ1v) is 14.8. The number of nitrogens with one attached hydrogen (secondary N) is 1. The molecule has 0 radical (unpaired) electrons. The van der Waals surface area contributed by atoms with Crippen LogP contribution >= 0.6 is 24.0 Å². The number of nitrogens with zero attached hydrogens (tertiary/aromatic N) is 1. The van der Waals surface area contributed by atoms with Crippen molar-refractivity contribution in [1.82, 2.24) is 10.4 Å². The van der Waals surface area contributed by atoms with E-state index in [1.54, 1.807) is 30.3 Å². The highest BCUT2D eigenvalue weighted by atomic mass is 32.2. The molecule has 0 spiro atoms. The summed E-state index contributed by atoms with van der Waals surface area (Å²) in [5.74, 6) is 0.656. The summed E-state index contributed by atoms with van der Waals surface area (Å²) in [5.41, 5.74) is 4.92. The number of rotatable bonds is 14. The summed E-state index contributed by atoms with van der Waals surface area (Å²) >= 11 is 6.52. The molecule has 1 aliphatic rings. The maximum absolute atomic E-state index is 13.0. The maximum Gasteiger partial charge on any atom is 0.285 e. The van der Waals surface area contributed by atoms with Gasteiger partial charge in [0.15, 0.2) is 4.32 Å². The van der Waals surface area contributed by atoms with Gasteiger partial charge in [-0.1, -0.05) is 93.3 Å². The Morgan fingerprint density at radius 1 is 0.875 bits per heavy atom. The Labute approximate surface area is 245 Å². The van der Waals surface area contributed by atoms with Gasteiger partial charge in [0.2, 0.25) is 0 Å². The highest BCUT2D eigenvalue weighted by Crippen LogP contribution is 2.32. The predicted octanol–water partition coefficient (Wildman–Crippen LogP) is 7.55. The standard InChI is InChI=1S/C32H34N2O4S2/c1-2-3-4-5-6-10-21-37-27-17-13-24(14-18-27)22-29-31(36)34(32(39)40-29)33-30(35)26-15-19-28(20-16-26)38-23-25-11-8-7-9-12-25/h7-9,11-20,22H,2-6,10,21,23H2,1H3,(H,33,35)/b29-22-. The molecule has 1 fully saturated rings. The van der Waals surface area contributed by atoms with Crippen LogP contribution in [0.3, 0.4) is 0 Å². The fourth-order valence-electron chi connectivity index (χ4n) is 4.06. The number of carbonyl (C=O) groups excluding carboxylic acids is 2. The molecule has 3 aromatic rings. The Balaban J connectivity index is 1.26. The van der Waals surface area contributed by atoms with Crippen molar-refractivity contribution in [3.8, 4) is 11.5 Å². The zero-order chi connectivity index (χ0) is 28.2. The van der Waals surface area contributed by atoms with Crippen molar-refractivity contribution in [2.75, 3.05) is 6.61 Å². The molecule has 0 bridgehead atoms. The molecular formula is C32H34N2O4S2. The van der Waals surface area contributed by atoms with Gasteiger partial charge in [-0.15, -0.1) is 0 Å². The topological polar surface area (TPSA) is 67.9 Å². The molecule has 1 heterocycles. The van der Waals surface area contributed by atoms with Gasteiger partial charge in [0.1, 0.15) is 18.1 Å². The third-order valence-corrected chi connectivity index (χ3v) is 7.62. The number of benzene rings is 3. The van der Waals surface area contributed by atoms with E-state index in [0.29, 0.717) is 29.4 Å². The third-order valence-electron chi connectivity index (χ3n) is 6.32. The molecule has 208 valence electrons. The van der Waals surface area contributed by atoms with Gasteiger partial charge in [0.05, 0.1) is 11.5 Å². The zero-order valence-electron chi connectivity index (χ0n) is 22.6. The summed E-state index contributed by atoms with van der Waals surface area (Å²) in [6.07, 6.45) is 9.10. The molecule has 0 saturated carbocycles. The molecule has 0 aromatic heterocycles. The van der Waals surface area contributed by atoms with E-state index in [0.717, 1.165) is 40.1 Å². The minimum atomic E-state index is -0.431. The van der Waals surface area contributed by atoms with Gasteiger partial charge >= 0.3 is 0 Å². The van der Waals surface area contributed by atoms with Crippen LogP contribution in [-0.2, 0) is 11.4 Å². The Morgan fingerprint density at radius 3 is 2.25 bits per heavy atom. The van der Waals surface area contributed by atoms with Gasteiger partial charge in [0, 0.05) is 5.56 Å². The van der Waals surface area contributed by atoms with Crippen molar-refractivity contribution in [2.24, 2.45) is 0 Å². The summed E-state index contributed by atoms with van der Waals surface area (Å²) in [5, 5.41) is 1.12. The number of amides is 2. The lowest BCUT2D eigenvalue weighted by Crippen LogP contribution is -2.44. The van der Waals surface area contributed by atoms with Crippen LogP contribution in [0.4, 0.5) is 0 Å². The molecular weight excluding hydrogens is 540 g/mol. The number of carbonyl (C=O) groups is 2. The maximum atomic E-state index is 13.0. The summed E-state index contributed by atoms with van der Waals surface area (Å²) in [7, 11) is 0. The second-order valence-electron chi connectivity index (χ2n) is 9.44. The van der Waals surface area contributed by atoms with Crippen LogP contribution in [0.15, 0.2) is 83.8 Å². The summed E-state index contributed by atoms with van der Waals surface area (Å²) in [4.78, 5) is 26.2. The number of thioether (sulfide) groups is 1. The lowest BCUT2D eigenvalue weighted by Gasteiger charge is -2.15. The normalized spacial score (nSPS) is 14.0. The average Bonchev–Trinajstić information content (AvgIpc) is 3.24. The minimum absolute atomic E-state index is 0.270. The number of hydrazine groups is 1. The molecule has 1 N–H and O–H groups in total. The minimum Gasteiger partial charge on any atom is -0.494 e.